The molecule has 0 saturated heterocycles. The molecule has 1 aromatic carbocycles. The first kappa shape index (κ1) is 18.9. The maximum absolute atomic E-state index is 13.3. The highest BCUT2D eigenvalue weighted by Crippen LogP contribution is 2.35. The van der Waals surface area contributed by atoms with Crippen molar-refractivity contribution in [2.45, 2.75) is 18.1 Å². The van der Waals surface area contributed by atoms with Crippen molar-refractivity contribution in [3.05, 3.63) is 51.1 Å². The van der Waals surface area contributed by atoms with Crippen molar-refractivity contribution in [1.82, 2.24) is 9.55 Å². The molecule has 0 N–H and O–H groups in total. The van der Waals surface area contributed by atoms with Crippen LogP contribution in [0.5, 0.6) is 0 Å². The van der Waals surface area contributed by atoms with Gasteiger partial charge in [-0.2, -0.15) is 0 Å². The second-order valence-corrected chi connectivity index (χ2v) is 8.68. The molecule has 0 radical (unpaired) electrons. The summed E-state index contributed by atoms with van der Waals surface area (Å²) in [6, 6.07) is 9.81. The van der Waals surface area contributed by atoms with E-state index < -0.39 is 0 Å². The van der Waals surface area contributed by atoms with Crippen LogP contribution >= 0.6 is 23.1 Å². The van der Waals surface area contributed by atoms with Gasteiger partial charge in [0.15, 0.2) is 5.16 Å². The summed E-state index contributed by atoms with van der Waals surface area (Å²) in [7, 11) is 4.49. The second-order valence-electron chi connectivity index (χ2n) is 6.83. The first-order valence-corrected chi connectivity index (χ1v) is 10.0. The SMILES string of the molecule is CSc1nc2sc3c(c2c(=O)n1-c1ccccc1)CC[N+](C)(C)C3.[I-]. The lowest BCUT2D eigenvalue weighted by molar-refractivity contribution is -0.905. The molecule has 3 heterocycles. The van der Waals surface area contributed by atoms with Gasteiger partial charge in [-0.3, -0.25) is 9.36 Å². The molecule has 7 heteroatoms. The van der Waals surface area contributed by atoms with Gasteiger partial charge in [-0.15, -0.1) is 11.3 Å². The van der Waals surface area contributed by atoms with Crippen LogP contribution in [0.1, 0.15) is 10.4 Å². The third-order valence-corrected chi connectivity index (χ3v) is 6.36. The summed E-state index contributed by atoms with van der Waals surface area (Å²) in [6.07, 6.45) is 2.92. The molecule has 0 unspecified atom stereocenters. The summed E-state index contributed by atoms with van der Waals surface area (Å²) < 4.78 is 2.73. The number of benzene rings is 1. The third-order valence-electron chi connectivity index (χ3n) is 4.61. The molecule has 2 aromatic heterocycles. The van der Waals surface area contributed by atoms with Crippen molar-refractivity contribution in [1.29, 1.82) is 0 Å². The monoisotopic (exact) mass is 485 g/mol. The third kappa shape index (κ3) is 3.27. The zero-order valence-corrected chi connectivity index (χ0v) is 18.2. The molecule has 1 aliphatic heterocycles. The van der Waals surface area contributed by atoms with Crippen molar-refractivity contribution in [2.75, 3.05) is 26.9 Å². The van der Waals surface area contributed by atoms with E-state index in [1.165, 1.54) is 22.2 Å². The number of rotatable bonds is 2. The number of thiophene rings is 1. The molecule has 0 bridgehead atoms. The van der Waals surface area contributed by atoms with E-state index >= 15 is 0 Å². The van der Waals surface area contributed by atoms with Crippen LogP contribution in [0.4, 0.5) is 0 Å². The number of likely N-dealkylation sites (N-methyl/N-ethyl adjacent to an activating group) is 1. The van der Waals surface area contributed by atoms with Crippen molar-refractivity contribution in [2.24, 2.45) is 0 Å². The lowest BCUT2D eigenvalue weighted by Crippen LogP contribution is -3.00. The molecule has 0 aliphatic carbocycles. The predicted molar refractivity (Wildman–Crippen MR) is 101 cm³/mol. The van der Waals surface area contributed by atoms with E-state index in [1.54, 1.807) is 15.9 Å². The first-order chi connectivity index (χ1) is 11.5. The van der Waals surface area contributed by atoms with Gasteiger partial charge >= 0.3 is 0 Å². The molecule has 25 heavy (non-hydrogen) atoms. The maximum Gasteiger partial charge on any atom is 0.267 e. The van der Waals surface area contributed by atoms with E-state index in [-0.39, 0.29) is 29.5 Å². The minimum absolute atomic E-state index is 0. The molecule has 0 saturated carbocycles. The van der Waals surface area contributed by atoms with Crippen LogP contribution < -0.4 is 29.5 Å². The standard InChI is InChI=1S/C18H20N3OS2.HI/c1-21(2)10-9-13-14(11-21)24-16-15(13)17(22)20(18(19-16)23-3)12-7-5-4-6-8-12;/h4-8H,9-11H2,1-3H3;1H/q+1;/p-1. The fourth-order valence-corrected chi connectivity index (χ4v) is 5.38. The number of fused-ring (bicyclic) bond motifs is 3. The Hall–Kier alpha value is -0.900. The summed E-state index contributed by atoms with van der Waals surface area (Å²) in [5.41, 5.74) is 2.18. The lowest BCUT2D eigenvalue weighted by Gasteiger charge is -2.33. The molecule has 4 rings (SSSR count). The van der Waals surface area contributed by atoms with Gasteiger partial charge in [-0.05, 0) is 24.0 Å². The van der Waals surface area contributed by atoms with Crippen LogP contribution in [-0.4, -0.2) is 40.9 Å². The number of quaternary nitrogens is 1. The van der Waals surface area contributed by atoms with Gasteiger partial charge in [-0.25, -0.2) is 4.98 Å². The number of hydrogen-bond acceptors (Lipinski definition) is 4. The average molecular weight is 485 g/mol. The molecule has 0 atom stereocenters. The van der Waals surface area contributed by atoms with Crippen LogP contribution in [0.2, 0.25) is 0 Å². The highest BCUT2D eigenvalue weighted by molar-refractivity contribution is 7.98. The Kier molecular flexibility index (Phi) is 5.30. The normalized spacial score (nSPS) is 15.6. The molecular formula is C18H20IN3OS2. The maximum atomic E-state index is 13.3. The highest BCUT2D eigenvalue weighted by atomic mass is 127. The van der Waals surface area contributed by atoms with Crippen molar-refractivity contribution in [3.8, 4) is 5.69 Å². The fourth-order valence-electron chi connectivity index (χ4n) is 3.35. The molecule has 3 aromatic rings. The summed E-state index contributed by atoms with van der Waals surface area (Å²) in [6.45, 7) is 2.05. The van der Waals surface area contributed by atoms with Crippen LogP contribution in [0, 0.1) is 0 Å². The number of hydrogen-bond donors (Lipinski definition) is 0. The topological polar surface area (TPSA) is 34.9 Å². The second kappa shape index (κ2) is 7.02. The van der Waals surface area contributed by atoms with Crippen LogP contribution in [-0.2, 0) is 13.0 Å². The van der Waals surface area contributed by atoms with E-state index in [1.807, 2.05) is 36.6 Å². The minimum atomic E-state index is 0. The Balaban J connectivity index is 0.00000182. The highest BCUT2D eigenvalue weighted by Gasteiger charge is 2.30. The van der Waals surface area contributed by atoms with E-state index in [4.69, 9.17) is 4.98 Å². The zero-order valence-electron chi connectivity index (χ0n) is 14.5. The van der Waals surface area contributed by atoms with Crippen molar-refractivity contribution in [3.63, 3.8) is 0 Å². The van der Waals surface area contributed by atoms with Crippen LogP contribution in [0.3, 0.4) is 0 Å². The van der Waals surface area contributed by atoms with Gasteiger partial charge in [0, 0.05) is 6.42 Å². The zero-order chi connectivity index (χ0) is 16.9. The Morgan fingerprint density at radius 1 is 1.24 bits per heavy atom. The van der Waals surface area contributed by atoms with E-state index in [9.17, 15) is 4.79 Å². The number of aromatic nitrogens is 2. The number of para-hydroxylation sites is 1. The van der Waals surface area contributed by atoms with E-state index in [0.717, 1.165) is 45.1 Å². The van der Waals surface area contributed by atoms with Gasteiger partial charge in [0.1, 0.15) is 11.4 Å². The van der Waals surface area contributed by atoms with Crippen molar-refractivity contribution < 1.29 is 28.5 Å². The van der Waals surface area contributed by atoms with Gasteiger partial charge in [-0.1, -0.05) is 30.0 Å². The number of nitrogens with zero attached hydrogens (tertiary/aromatic N) is 3. The molecule has 0 spiro atoms. The molecular weight excluding hydrogens is 465 g/mol. The largest absolute Gasteiger partial charge is 1.00 e. The first-order valence-electron chi connectivity index (χ1n) is 7.99. The Morgan fingerprint density at radius 2 is 1.96 bits per heavy atom. The Morgan fingerprint density at radius 3 is 2.64 bits per heavy atom. The quantitative estimate of drug-likeness (QED) is 0.227. The summed E-state index contributed by atoms with van der Waals surface area (Å²) in [5, 5.41) is 1.59. The predicted octanol–water partition coefficient (Wildman–Crippen LogP) is 0.306. The average Bonchev–Trinajstić information content (AvgIpc) is 2.91. The number of thioether (sulfide) groups is 1. The smallest absolute Gasteiger partial charge is 0.267 e. The Bertz CT molecular complexity index is 979. The summed E-state index contributed by atoms with van der Waals surface area (Å²) in [4.78, 5) is 20.4. The van der Waals surface area contributed by atoms with Crippen LogP contribution in [0.15, 0.2) is 40.3 Å². The van der Waals surface area contributed by atoms with Crippen molar-refractivity contribution >= 4 is 33.3 Å². The molecule has 132 valence electrons. The molecule has 1 aliphatic rings. The summed E-state index contributed by atoms with van der Waals surface area (Å²) in [5.74, 6) is 0. The van der Waals surface area contributed by atoms with Gasteiger partial charge in [0.2, 0.25) is 0 Å². The van der Waals surface area contributed by atoms with E-state index in [0.29, 0.717) is 0 Å². The summed E-state index contributed by atoms with van der Waals surface area (Å²) >= 11 is 3.22. The van der Waals surface area contributed by atoms with Gasteiger partial charge < -0.3 is 28.5 Å². The lowest BCUT2D eigenvalue weighted by atomic mass is 10.0. The van der Waals surface area contributed by atoms with Gasteiger partial charge in [0.05, 0.1) is 36.6 Å². The molecule has 0 fully saturated rings. The van der Waals surface area contributed by atoms with Gasteiger partial charge in [0.25, 0.3) is 5.56 Å². The van der Waals surface area contributed by atoms with Crippen LogP contribution in [0.25, 0.3) is 15.9 Å². The molecule has 0 amide bonds. The Labute approximate surface area is 172 Å². The minimum Gasteiger partial charge on any atom is -1.00 e. The fraction of sp³-hybridized carbons (Fsp3) is 0.333. The number of halogens is 1. The van der Waals surface area contributed by atoms with E-state index in [2.05, 4.69) is 14.1 Å². The molecule has 4 nitrogen and oxygen atoms in total.